The predicted octanol–water partition coefficient (Wildman–Crippen LogP) is 1.56. The summed E-state index contributed by atoms with van der Waals surface area (Å²) in [5.74, 6) is 0.282. The standard InChI is InChI=1S/C16H14N4O2/c21-11-15(22)13-8-6-12(7-9-13)10-20-18-16(17-19-20)14-4-2-1-3-5-14/h1-9,21H,10-11H2. The van der Waals surface area contributed by atoms with Crippen LogP contribution in [-0.4, -0.2) is 37.7 Å². The summed E-state index contributed by atoms with van der Waals surface area (Å²) in [6.45, 7) is -0.0160. The van der Waals surface area contributed by atoms with Gasteiger partial charge in [0.25, 0.3) is 0 Å². The largest absolute Gasteiger partial charge is 0.388 e. The van der Waals surface area contributed by atoms with Crippen LogP contribution in [0.25, 0.3) is 11.4 Å². The number of tetrazole rings is 1. The Morgan fingerprint density at radius 1 is 1.05 bits per heavy atom. The van der Waals surface area contributed by atoms with E-state index in [0.717, 1.165) is 11.1 Å². The maximum Gasteiger partial charge on any atom is 0.204 e. The summed E-state index contributed by atoms with van der Waals surface area (Å²) in [7, 11) is 0. The van der Waals surface area contributed by atoms with Gasteiger partial charge in [0.05, 0.1) is 6.54 Å². The van der Waals surface area contributed by atoms with Gasteiger partial charge in [-0.25, -0.2) is 0 Å². The van der Waals surface area contributed by atoms with E-state index >= 15 is 0 Å². The third kappa shape index (κ3) is 3.07. The second kappa shape index (κ2) is 6.28. The maximum atomic E-state index is 11.4. The second-order valence-electron chi connectivity index (χ2n) is 4.79. The molecule has 1 aromatic heterocycles. The van der Waals surface area contributed by atoms with E-state index < -0.39 is 6.61 Å². The van der Waals surface area contributed by atoms with Gasteiger partial charge in [-0.05, 0) is 10.8 Å². The van der Waals surface area contributed by atoms with Crippen molar-refractivity contribution in [1.29, 1.82) is 0 Å². The highest BCUT2D eigenvalue weighted by Gasteiger charge is 2.07. The molecule has 3 rings (SSSR count). The first-order chi connectivity index (χ1) is 10.8. The number of benzene rings is 2. The smallest absolute Gasteiger partial charge is 0.204 e. The summed E-state index contributed by atoms with van der Waals surface area (Å²) >= 11 is 0. The zero-order chi connectivity index (χ0) is 15.4. The summed E-state index contributed by atoms with van der Waals surface area (Å²) in [6, 6.07) is 16.6. The molecule has 0 aliphatic heterocycles. The Morgan fingerprint density at radius 3 is 2.45 bits per heavy atom. The van der Waals surface area contributed by atoms with Crippen LogP contribution >= 0.6 is 0 Å². The summed E-state index contributed by atoms with van der Waals surface area (Å²) in [4.78, 5) is 12.9. The highest BCUT2D eigenvalue weighted by Crippen LogP contribution is 2.12. The molecule has 0 aliphatic carbocycles. The summed E-state index contributed by atoms with van der Waals surface area (Å²) in [6.07, 6.45) is 0. The van der Waals surface area contributed by atoms with E-state index in [1.165, 1.54) is 4.80 Å². The number of nitrogens with zero attached hydrogens (tertiary/aromatic N) is 4. The Balaban J connectivity index is 1.74. The molecule has 1 N–H and O–H groups in total. The third-order valence-corrected chi connectivity index (χ3v) is 3.23. The Morgan fingerprint density at radius 2 is 1.77 bits per heavy atom. The zero-order valence-electron chi connectivity index (χ0n) is 11.8. The number of hydrogen-bond donors (Lipinski definition) is 1. The van der Waals surface area contributed by atoms with Crippen LogP contribution in [0.4, 0.5) is 0 Å². The normalized spacial score (nSPS) is 10.6. The first-order valence-corrected chi connectivity index (χ1v) is 6.82. The number of aromatic nitrogens is 4. The minimum atomic E-state index is -0.482. The molecule has 0 atom stereocenters. The van der Waals surface area contributed by atoms with Crippen molar-refractivity contribution in [1.82, 2.24) is 20.2 Å². The Labute approximate surface area is 127 Å². The molecule has 6 nitrogen and oxygen atoms in total. The first-order valence-electron chi connectivity index (χ1n) is 6.82. The molecule has 0 spiro atoms. The zero-order valence-corrected chi connectivity index (χ0v) is 11.8. The number of aliphatic hydroxyl groups is 1. The predicted molar refractivity (Wildman–Crippen MR) is 80.2 cm³/mol. The van der Waals surface area contributed by atoms with Gasteiger partial charge in [0, 0.05) is 11.1 Å². The molecule has 0 amide bonds. The van der Waals surface area contributed by atoms with Crippen molar-refractivity contribution in [2.45, 2.75) is 6.54 Å². The molecule has 3 aromatic rings. The number of carbonyl (C=O) groups excluding carboxylic acids is 1. The van der Waals surface area contributed by atoms with Crippen LogP contribution in [-0.2, 0) is 6.54 Å². The maximum absolute atomic E-state index is 11.4. The SMILES string of the molecule is O=C(CO)c1ccc(Cn2nnc(-c3ccccc3)n2)cc1. The van der Waals surface area contributed by atoms with E-state index in [9.17, 15) is 4.79 Å². The first kappa shape index (κ1) is 14.1. The van der Waals surface area contributed by atoms with Gasteiger partial charge in [0.15, 0.2) is 5.78 Å². The van der Waals surface area contributed by atoms with Crippen LogP contribution < -0.4 is 0 Å². The average Bonchev–Trinajstić information content (AvgIpc) is 3.04. The van der Waals surface area contributed by atoms with Gasteiger partial charge in [0.2, 0.25) is 5.82 Å². The summed E-state index contributed by atoms with van der Waals surface area (Å²) < 4.78 is 0. The molecule has 110 valence electrons. The number of carbonyl (C=O) groups is 1. The van der Waals surface area contributed by atoms with Gasteiger partial charge in [-0.2, -0.15) is 4.80 Å². The highest BCUT2D eigenvalue weighted by molar-refractivity contribution is 5.96. The van der Waals surface area contributed by atoms with E-state index in [0.29, 0.717) is 17.9 Å². The number of ketones is 1. The molecule has 0 fully saturated rings. The topological polar surface area (TPSA) is 80.9 Å². The van der Waals surface area contributed by atoms with E-state index in [2.05, 4.69) is 15.4 Å². The van der Waals surface area contributed by atoms with Crippen LogP contribution in [0.2, 0.25) is 0 Å². The van der Waals surface area contributed by atoms with E-state index in [1.807, 2.05) is 42.5 Å². The van der Waals surface area contributed by atoms with Crippen LogP contribution in [0.5, 0.6) is 0 Å². The highest BCUT2D eigenvalue weighted by atomic mass is 16.3. The molecule has 1 heterocycles. The minimum absolute atomic E-state index is 0.295. The van der Waals surface area contributed by atoms with Gasteiger partial charge < -0.3 is 5.11 Å². The number of Topliss-reactive ketones (excluding diaryl/α,β-unsaturated/α-hetero) is 1. The third-order valence-electron chi connectivity index (χ3n) is 3.23. The van der Waals surface area contributed by atoms with Crippen LogP contribution in [0.3, 0.4) is 0 Å². The lowest BCUT2D eigenvalue weighted by atomic mass is 10.1. The second-order valence-corrected chi connectivity index (χ2v) is 4.79. The molecule has 0 unspecified atom stereocenters. The van der Waals surface area contributed by atoms with Crippen molar-refractivity contribution in [2.24, 2.45) is 0 Å². The van der Waals surface area contributed by atoms with Gasteiger partial charge in [0.1, 0.15) is 6.61 Å². The molecule has 0 radical (unpaired) electrons. The average molecular weight is 294 g/mol. The number of hydrogen-bond acceptors (Lipinski definition) is 5. The lowest BCUT2D eigenvalue weighted by Gasteiger charge is -2.01. The molecule has 0 bridgehead atoms. The molecule has 0 saturated carbocycles. The van der Waals surface area contributed by atoms with Crippen molar-refractivity contribution in [3.8, 4) is 11.4 Å². The fraction of sp³-hybridized carbons (Fsp3) is 0.125. The van der Waals surface area contributed by atoms with Crippen molar-refractivity contribution in [3.05, 3.63) is 65.7 Å². The lowest BCUT2D eigenvalue weighted by Crippen LogP contribution is -2.06. The van der Waals surface area contributed by atoms with Crippen molar-refractivity contribution in [3.63, 3.8) is 0 Å². The van der Waals surface area contributed by atoms with Crippen LogP contribution in [0, 0.1) is 0 Å². The molecule has 22 heavy (non-hydrogen) atoms. The summed E-state index contributed by atoms with van der Waals surface area (Å²) in [5, 5.41) is 21.2. The molecule has 6 heteroatoms. The fourth-order valence-electron chi connectivity index (χ4n) is 2.06. The number of aliphatic hydroxyl groups excluding tert-OH is 1. The van der Waals surface area contributed by atoms with Crippen molar-refractivity contribution in [2.75, 3.05) is 6.61 Å². The molecule has 2 aromatic carbocycles. The Hall–Kier alpha value is -2.86. The monoisotopic (exact) mass is 294 g/mol. The van der Waals surface area contributed by atoms with Crippen molar-refractivity contribution < 1.29 is 9.90 Å². The van der Waals surface area contributed by atoms with Gasteiger partial charge >= 0.3 is 0 Å². The van der Waals surface area contributed by atoms with E-state index in [4.69, 9.17) is 5.11 Å². The fourth-order valence-corrected chi connectivity index (χ4v) is 2.06. The Bertz CT molecular complexity index is 766. The summed E-state index contributed by atoms with van der Waals surface area (Å²) in [5.41, 5.74) is 2.35. The van der Waals surface area contributed by atoms with E-state index in [-0.39, 0.29) is 5.78 Å². The van der Waals surface area contributed by atoms with Crippen LogP contribution in [0.15, 0.2) is 54.6 Å². The van der Waals surface area contributed by atoms with E-state index in [1.54, 1.807) is 12.1 Å². The minimum Gasteiger partial charge on any atom is -0.388 e. The number of rotatable bonds is 5. The van der Waals surface area contributed by atoms with Crippen LogP contribution in [0.1, 0.15) is 15.9 Å². The van der Waals surface area contributed by atoms with Crippen molar-refractivity contribution >= 4 is 5.78 Å². The van der Waals surface area contributed by atoms with Gasteiger partial charge in [-0.3, -0.25) is 4.79 Å². The molecule has 0 saturated heterocycles. The Kier molecular flexibility index (Phi) is 4.02. The molecule has 0 aliphatic rings. The molecular weight excluding hydrogens is 280 g/mol. The van der Waals surface area contributed by atoms with Gasteiger partial charge in [-0.1, -0.05) is 54.6 Å². The van der Waals surface area contributed by atoms with Gasteiger partial charge in [-0.15, -0.1) is 10.2 Å². The lowest BCUT2D eigenvalue weighted by molar-refractivity contribution is 0.0903. The molecular formula is C16H14N4O2. The quantitative estimate of drug-likeness (QED) is 0.722.